The van der Waals surface area contributed by atoms with Crippen molar-refractivity contribution in [3.63, 3.8) is 0 Å². The molecule has 0 bridgehead atoms. The second kappa shape index (κ2) is 9.30. The van der Waals surface area contributed by atoms with Crippen molar-refractivity contribution in [2.24, 2.45) is 0 Å². The van der Waals surface area contributed by atoms with Crippen LogP contribution in [0.2, 0.25) is 0 Å². The molecular weight excluding hydrogens is 388 g/mol. The van der Waals surface area contributed by atoms with Gasteiger partial charge in [-0.15, -0.1) is 0 Å². The van der Waals surface area contributed by atoms with Crippen LogP contribution in [0.4, 0.5) is 11.4 Å². The van der Waals surface area contributed by atoms with Crippen LogP contribution in [-0.2, 0) is 27.2 Å². The number of hydrogen-bond acceptors (Lipinski definition) is 6. The summed E-state index contributed by atoms with van der Waals surface area (Å²) in [4.78, 5) is 46.4. The second-order valence-electron chi connectivity index (χ2n) is 7.23. The maximum atomic E-state index is 12.3. The number of carbonyl (C=O) groups excluding carboxylic acids is 3. The average molecular weight is 410 g/mol. The van der Waals surface area contributed by atoms with Crippen LogP contribution in [-0.4, -0.2) is 29.2 Å². The molecule has 0 atom stereocenters. The normalized spacial score (nSPS) is 12.2. The van der Waals surface area contributed by atoms with E-state index >= 15 is 0 Å². The Kier molecular flexibility index (Phi) is 6.56. The molecule has 0 unspecified atom stereocenters. The molecule has 2 aromatic rings. The van der Waals surface area contributed by atoms with Crippen LogP contribution in [0.15, 0.2) is 36.4 Å². The molecule has 1 aliphatic carbocycles. The van der Waals surface area contributed by atoms with Gasteiger partial charge in [-0.25, -0.2) is 0 Å². The smallest absolute Gasteiger partial charge is 0.306 e. The van der Waals surface area contributed by atoms with Gasteiger partial charge in [0.1, 0.15) is 0 Å². The molecule has 0 fully saturated rings. The molecule has 1 N–H and O–H groups in total. The van der Waals surface area contributed by atoms with Gasteiger partial charge in [0.05, 0.1) is 11.3 Å². The van der Waals surface area contributed by atoms with E-state index in [2.05, 4.69) is 5.32 Å². The predicted octanol–water partition coefficient (Wildman–Crippen LogP) is 3.54. The van der Waals surface area contributed by atoms with E-state index in [-0.39, 0.29) is 24.3 Å². The minimum atomic E-state index is -0.639. The van der Waals surface area contributed by atoms with Crippen molar-refractivity contribution in [3.05, 3.63) is 68.8 Å². The Balaban J connectivity index is 1.43. The van der Waals surface area contributed by atoms with Crippen molar-refractivity contribution >= 4 is 29.0 Å². The number of anilines is 1. The van der Waals surface area contributed by atoms with Crippen molar-refractivity contribution in [1.29, 1.82) is 0 Å². The van der Waals surface area contributed by atoms with Gasteiger partial charge in [-0.3, -0.25) is 24.5 Å². The summed E-state index contributed by atoms with van der Waals surface area (Å²) < 4.78 is 4.93. The molecule has 2 aromatic carbocycles. The minimum Gasteiger partial charge on any atom is -0.456 e. The van der Waals surface area contributed by atoms with Crippen molar-refractivity contribution in [1.82, 2.24) is 0 Å². The average Bonchev–Trinajstić information content (AvgIpc) is 3.19. The van der Waals surface area contributed by atoms with E-state index in [1.165, 1.54) is 29.3 Å². The molecule has 0 spiro atoms. The second-order valence-corrected chi connectivity index (χ2v) is 7.23. The number of nitro groups is 1. The van der Waals surface area contributed by atoms with Crippen LogP contribution in [0.5, 0.6) is 0 Å². The van der Waals surface area contributed by atoms with Crippen LogP contribution in [0.1, 0.15) is 46.3 Å². The highest BCUT2D eigenvalue weighted by atomic mass is 16.6. The third-order valence-corrected chi connectivity index (χ3v) is 5.04. The Bertz CT molecular complexity index is 1010. The Morgan fingerprint density at radius 2 is 1.83 bits per heavy atom. The number of ketones is 1. The fourth-order valence-electron chi connectivity index (χ4n) is 3.41. The van der Waals surface area contributed by atoms with Gasteiger partial charge in [-0.05, 0) is 55.0 Å². The fraction of sp³-hybridized carbons (Fsp3) is 0.318. The highest BCUT2D eigenvalue weighted by molar-refractivity contribution is 5.98. The number of nitrogens with zero attached hydrogens (tertiary/aromatic N) is 1. The lowest BCUT2D eigenvalue weighted by atomic mass is 10.0. The fourth-order valence-corrected chi connectivity index (χ4v) is 3.41. The van der Waals surface area contributed by atoms with Crippen LogP contribution in [0.3, 0.4) is 0 Å². The van der Waals surface area contributed by atoms with Crippen molar-refractivity contribution in [2.45, 2.75) is 39.0 Å². The molecule has 0 aromatic heterocycles. The maximum absolute atomic E-state index is 12.3. The summed E-state index contributed by atoms with van der Waals surface area (Å²) in [5.41, 5.74) is 3.90. The number of fused-ring (bicyclic) bond motifs is 1. The number of carbonyl (C=O) groups is 3. The maximum Gasteiger partial charge on any atom is 0.306 e. The van der Waals surface area contributed by atoms with Gasteiger partial charge in [0, 0.05) is 29.8 Å². The molecular formula is C22H22N2O6. The quantitative estimate of drug-likeness (QED) is 0.308. The summed E-state index contributed by atoms with van der Waals surface area (Å²) in [5, 5.41) is 13.3. The summed E-state index contributed by atoms with van der Waals surface area (Å²) in [6, 6.07) is 9.69. The predicted molar refractivity (Wildman–Crippen MR) is 109 cm³/mol. The van der Waals surface area contributed by atoms with Gasteiger partial charge in [-0.1, -0.05) is 12.1 Å². The minimum absolute atomic E-state index is 0.0146. The van der Waals surface area contributed by atoms with Gasteiger partial charge in [0.2, 0.25) is 0 Å². The molecule has 0 saturated carbocycles. The number of rotatable bonds is 8. The first-order valence-electron chi connectivity index (χ1n) is 9.69. The highest BCUT2D eigenvalue weighted by Gasteiger charge is 2.16. The van der Waals surface area contributed by atoms with E-state index in [1.807, 2.05) is 12.1 Å². The number of benzene rings is 2. The number of esters is 1. The zero-order valence-electron chi connectivity index (χ0n) is 16.6. The van der Waals surface area contributed by atoms with Crippen molar-refractivity contribution in [3.8, 4) is 0 Å². The van der Waals surface area contributed by atoms with Crippen LogP contribution < -0.4 is 5.32 Å². The number of nitrogens with one attached hydrogen (secondary N) is 1. The van der Waals surface area contributed by atoms with Gasteiger partial charge in [-0.2, -0.15) is 0 Å². The number of hydrogen-bond donors (Lipinski definition) is 1. The van der Waals surface area contributed by atoms with Gasteiger partial charge in [0.15, 0.2) is 12.4 Å². The first-order chi connectivity index (χ1) is 14.3. The summed E-state index contributed by atoms with van der Waals surface area (Å²) in [5.74, 6) is -1.34. The summed E-state index contributed by atoms with van der Waals surface area (Å²) in [7, 11) is 0. The molecule has 1 aliphatic rings. The number of nitro benzene ring substituents is 1. The van der Waals surface area contributed by atoms with Crippen LogP contribution in [0, 0.1) is 17.0 Å². The third-order valence-electron chi connectivity index (χ3n) is 5.04. The van der Waals surface area contributed by atoms with E-state index in [0.717, 1.165) is 19.3 Å². The van der Waals surface area contributed by atoms with Crippen LogP contribution in [0.25, 0.3) is 0 Å². The van der Waals surface area contributed by atoms with Gasteiger partial charge < -0.3 is 10.1 Å². The van der Waals surface area contributed by atoms with Crippen molar-refractivity contribution < 1.29 is 24.0 Å². The van der Waals surface area contributed by atoms with E-state index in [4.69, 9.17) is 4.74 Å². The Morgan fingerprint density at radius 1 is 1.07 bits per heavy atom. The molecule has 0 saturated heterocycles. The third kappa shape index (κ3) is 5.28. The topological polar surface area (TPSA) is 116 Å². The van der Waals surface area contributed by atoms with Gasteiger partial charge >= 0.3 is 5.97 Å². The van der Waals surface area contributed by atoms with Crippen molar-refractivity contribution in [2.75, 3.05) is 11.9 Å². The number of non-ortho nitro benzene ring substituents is 1. The van der Waals surface area contributed by atoms with E-state index < -0.39 is 23.4 Å². The molecule has 0 heterocycles. The lowest BCUT2D eigenvalue weighted by Gasteiger charge is -2.09. The van der Waals surface area contributed by atoms with E-state index in [9.17, 15) is 24.5 Å². The number of Topliss-reactive ketones (excluding diaryl/α,β-unsaturated/α-hetero) is 1. The lowest BCUT2D eigenvalue weighted by Crippen LogP contribution is -2.21. The Labute approximate surface area is 173 Å². The molecule has 8 nitrogen and oxygen atoms in total. The molecule has 1 amide bonds. The SMILES string of the molecule is Cc1cc([N+](=O)[O-])ccc1NC(=O)COC(=O)CCC(=O)c1ccc2c(c1)CCC2. The van der Waals surface area contributed by atoms with Gasteiger partial charge in [0.25, 0.3) is 11.6 Å². The zero-order valence-corrected chi connectivity index (χ0v) is 16.6. The molecule has 3 rings (SSSR count). The van der Waals surface area contributed by atoms with Crippen LogP contribution >= 0.6 is 0 Å². The number of aryl methyl sites for hydroxylation is 3. The molecule has 8 heteroatoms. The zero-order chi connectivity index (χ0) is 21.7. The summed E-state index contributed by atoms with van der Waals surface area (Å²) in [6.45, 7) is 1.13. The first kappa shape index (κ1) is 21.2. The monoisotopic (exact) mass is 410 g/mol. The largest absolute Gasteiger partial charge is 0.456 e. The van der Waals surface area contributed by atoms with E-state index in [0.29, 0.717) is 16.8 Å². The standard InChI is InChI=1S/C22H22N2O6/c1-14-11-18(24(28)29)7-8-19(14)23-21(26)13-30-22(27)10-9-20(25)17-6-5-15-3-2-4-16(15)12-17/h5-8,11-12H,2-4,9-10,13H2,1H3,(H,23,26). The molecule has 0 radical (unpaired) electrons. The number of ether oxygens (including phenoxy) is 1. The molecule has 0 aliphatic heterocycles. The first-order valence-corrected chi connectivity index (χ1v) is 9.69. The Morgan fingerprint density at radius 3 is 2.57 bits per heavy atom. The summed E-state index contributed by atoms with van der Waals surface area (Å²) in [6.07, 6.45) is 3.01. The lowest BCUT2D eigenvalue weighted by molar-refractivity contribution is -0.384. The number of amides is 1. The molecule has 30 heavy (non-hydrogen) atoms. The molecule has 156 valence electrons. The Hall–Kier alpha value is -3.55. The van der Waals surface area contributed by atoms with E-state index in [1.54, 1.807) is 13.0 Å². The highest BCUT2D eigenvalue weighted by Crippen LogP contribution is 2.24. The summed E-state index contributed by atoms with van der Waals surface area (Å²) >= 11 is 0.